The van der Waals surface area contributed by atoms with Crippen molar-refractivity contribution in [3.8, 4) is 0 Å². The number of likely N-dealkylation sites (tertiary alicyclic amines) is 1. The SMILES string of the molecule is C[C@@H]1[C@H](c2cc(F)cc(F)c2F)C[C@H](N)C(=O)N1CC(F)(F)F.Cl. The molecule has 1 aromatic carbocycles. The molecule has 1 heterocycles. The average molecular weight is 377 g/mol. The quantitative estimate of drug-likeness (QED) is 0.637. The zero-order valence-electron chi connectivity index (χ0n) is 12.4. The third-order valence-electron chi connectivity index (χ3n) is 3.95. The molecule has 0 spiro atoms. The van der Waals surface area contributed by atoms with Crippen LogP contribution in [0.2, 0.25) is 0 Å². The molecule has 2 N–H and O–H groups in total. The number of carbonyl (C=O) groups excluding carboxylic acids is 1. The van der Waals surface area contributed by atoms with Crippen LogP contribution in [-0.2, 0) is 4.79 Å². The number of hydrogen-bond acceptors (Lipinski definition) is 2. The van der Waals surface area contributed by atoms with Gasteiger partial charge in [0.05, 0.1) is 6.04 Å². The minimum atomic E-state index is -4.67. The summed E-state index contributed by atoms with van der Waals surface area (Å²) in [4.78, 5) is 12.3. The second-order valence-electron chi connectivity index (χ2n) is 5.56. The maximum atomic E-state index is 13.9. The van der Waals surface area contributed by atoms with Crippen LogP contribution in [-0.4, -0.2) is 35.6 Å². The van der Waals surface area contributed by atoms with Crippen LogP contribution in [0.1, 0.15) is 24.8 Å². The number of nitrogens with two attached hydrogens (primary N) is 1. The van der Waals surface area contributed by atoms with E-state index in [4.69, 9.17) is 5.73 Å². The van der Waals surface area contributed by atoms with Crippen LogP contribution in [0, 0.1) is 17.5 Å². The highest BCUT2D eigenvalue weighted by atomic mass is 35.5. The molecular formula is C14H15ClF6N2O. The second-order valence-corrected chi connectivity index (χ2v) is 5.56. The summed E-state index contributed by atoms with van der Waals surface area (Å²) in [7, 11) is 0. The largest absolute Gasteiger partial charge is 0.406 e. The Morgan fingerprint density at radius 3 is 2.38 bits per heavy atom. The molecule has 0 aliphatic carbocycles. The monoisotopic (exact) mass is 376 g/mol. The van der Waals surface area contributed by atoms with Gasteiger partial charge in [-0.25, -0.2) is 13.2 Å². The molecule has 0 saturated carbocycles. The van der Waals surface area contributed by atoms with Gasteiger partial charge in [-0.15, -0.1) is 12.4 Å². The summed E-state index contributed by atoms with van der Waals surface area (Å²) in [5.41, 5.74) is 5.11. The summed E-state index contributed by atoms with van der Waals surface area (Å²) in [6, 6.07) is -1.36. The third kappa shape index (κ3) is 4.13. The van der Waals surface area contributed by atoms with Gasteiger partial charge in [0.1, 0.15) is 12.4 Å². The molecular weight excluding hydrogens is 362 g/mol. The van der Waals surface area contributed by atoms with Crippen molar-refractivity contribution < 1.29 is 31.1 Å². The number of alkyl halides is 3. The van der Waals surface area contributed by atoms with E-state index in [1.165, 1.54) is 6.92 Å². The maximum absolute atomic E-state index is 13.9. The lowest BCUT2D eigenvalue weighted by Crippen LogP contribution is -2.57. The number of halogens is 7. The van der Waals surface area contributed by atoms with Crippen LogP contribution in [0.15, 0.2) is 12.1 Å². The van der Waals surface area contributed by atoms with Crippen LogP contribution >= 0.6 is 12.4 Å². The lowest BCUT2D eigenvalue weighted by Gasteiger charge is -2.42. The van der Waals surface area contributed by atoms with Gasteiger partial charge < -0.3 is 10.6 Å². The molecule has 3 atom stereocenters. The standard InChI is InChI=1S/C14H14F6N2O.ClH/c1-6-8(9-2-7(15)3-10(16)12(9)17)4-11(21)13(23)22(6)5-14(18,19)20;/h2-3,6,8,11H,4-5,21H2,1H3;1H/t6-,8-,11+;/m1./s1. The number of nitrogens with zero attached hydrogens (tertiary/aromatic N) is 1. The number of amides is 1. The zero-order valence-corrected chi connectivity index (χ0v) is 13.2. The molecule has 0 radical (unpaired) electrons. The predicted molar refractivity (Wildman–Crippen MR) is 76.1 cm³/mol. The number of hydrogen-bond donors (Lipinski definition) is 1. The molecule has 1 fully saturated rings. The Morgan fingerprint density at radius 2 is 1.83 bits per heavy atom. The van der Waals surface area contributed by atoms with Crippen LogP contribution in [0.3, 0.4) is 0 Å². The molecule has 2 rings (SSSR count). The summed E-state index contributed by atoms with van der Waals surface area (Å²) in [6.07, 6.45) is -4.87. The Bertz CT molecular complexity index is 624. The van der Waals surface area contributed by atoms with Gasteiger partial charge in [-0.3, -0.25) is 4.79 Å². The average Bonchev–Trinajstić information content (AvgIpc) is 2.42. The molecule has 0 bridgehead atoms. The Hall–Kier alpha value is -1.48. The van der Waals surface area contributed by atoms with Crippen molar-refractivity contribution in [2.45, 2.75) is 37.5 Å². The molecule has 0 aromatic heterocycles. The second kappa shape index (κ2) is 7.18. The van der Waals surface area contributed by atoms with Crippen LogP contribution in [0.5, 0.6) is 0 Å². The van der Waals surface area contributed by atoms with E-state index in [-0.39, 0.29) is 18.8 Å². The van der Waals surface area contributed by atoms with Crippen LogP contribution in [0.4, 0.5) is 26.3 Å². The number of rotatable bonds is 2. The van der Waals surface area contributed by atoms with Crippen molar-refractivity contribution in [2.75, 3.05) is 6.54 Å². The van der Waals surface area contributed by atoms with E-state index in [1.54, 1.807) is 0 Å². The number of piperidine rings is 1. The maximum Gasteiger partial charge on any atom is 0.406 e. The predicted octanol–water partition coefficient (Wildman–Crippen LogP) is 3.12. The smallest absolute Gasteiger partial charge is 0.329 e. The van der Waals surface area contributed by atoms with E-state index in [0.29, 0.717) is 17.0 Å². The summed E-state index contributed by atoms with van der Waals surface area (Å²) in [6.45, 7) is -0.293. The minimum Gasteiger partial charge on any atom is -0.329 e. The van der Waals surface area contributed by atoms with E-state index in [9.17, 15) is 31.1 Å². The van der Waals surface area contributed by atoms with Gasteiger partial charge in [-0.1, -0.05) is 0 Å². The minimum absolute atomic E-state index is 0. The summed E-state index contributed by atoms with van der Waals surface area (Å²) in [5, 5.41) is 0. The van der Waals surface area contributed by atoms with E-state index in [2.05, 4.69) is 0 Å². The molecule has 136 valence electrons. The van der Waals surface area contributed by atoms with Crippen molar-refractivity contribution in [3.05, 3.63) is 35.1 Å². The lowest BCUT2D eigenvalue weighted by atomic mass is 9.81. The zero-order chi connectivity index (χ0) is 17.5. The fourth-order valence-corrected chi connectivity index (χ4v) is 2.85. The fourth-order valence-electron chi connectivity index (χ4n) is 2.85. The Kier molecular flexibility index (Phi) is 6.15. The Balaban J connectivity index is 0.00000288. The highest BCUT2D eigenvalue weighted by Gasteiger charge is 2.44. The fraction of sp³-hybridized carbons (Fsp3) is 0.500. The Morgan fingerprint density at radius 1 is 1.25 bits per heavy atom. The molecule has 1 saturated heterocycles. The van der Waals surface area contributed by atoms with E-state index in [1.807, 2.05) is 0 Å². The highest BCUT2D eigenvalue weighted by molar-refractivity contribution is 5.85. The van der Waals surface area contributed by atoms with E-state index < -0.39 is 59.6 Å². The molecule has 1 aliphatic rings. The first-order valence-corrected chi connectivity index (χ1v) is 6.78. The van der Waals surface area contributed by atoms with Gasteiger partial charge in [-0.05, 0) is 25.0 Å². The molecule has 1 aliphatic heterocycles. The normalized spacial score (nSPS) is 24.8. The van der Waals surface area contributed by atoms with Crippen molar-refractivity contribution in [1.82, 2.24) is 4.90 Å². The topological polar surface area (TPSA) is 46.3 Å². The third-order valence-corrected chi connectivity index (χ3v) is 3.95. The Labute approximate surface area is 140 Å². The first-order chi connectivity index (χ1) is 10.5. The lowest BCUT2D eigenvalue weighted by molar-refractivity contribution is -0.170. The number of benzene rings is 1. The molecule has 1 aromatic rings. The van der Waals surface area contributed by atoms with Gasteiger partial charge in [0, 0.05) is 18.0 Å². The van der Waals surface area contributed by atoms with Crippen molar-refractivity contribution in [3.63, 3.8) is 0 Å². The molecule has 0 unspecified atom stereocenters. The molecule has 10 heteroatoms. The molecule has 24 heavy (non-hydrogen) atoms. The van der Waals surface area contributed by atoms with Crippen molar-refractivity contribution in [2.24, 2.45) is 5.73 Å². The van der Waals surface area contributed by atoms with E-state index >= 15 is 0 Å². The molecule has 1 amide bonds. The van der Waals surface area contributed by atoms with Crippen molar-refractivity contribution >= 4 is 18.3 Å². The van der Waals surface area contributed by atoms with Gasteiger partial charge in [-0.2, -0.15) is 13.2 Å². The van der Waals surface area contributed by atoms with Gasteiger partial charge in [0.25, 0.3) is 0 Å². The van der Waals surface area contributed by atoms with Crippen molar-refractivity contribution in [1.29, 1.82) is 0 Å². The molecule has 3 nitrogen and oxygen atoms in total. The summed E-state index contributed by atoms with van der Waals surface area (Å²) < 4.78 is 78.5. The summed E-state index contributed by atoms with van der Waals surface area (Å²) in [5.74, 6) is -5.82. The van der Waals surface area contributed by atoms with Crippen LogP contribution in [0.25, 0.3) is 0 Å². The van der Waals surface area contributed by atoms with Gasteiger partial charge in [0.15, 0.2) is 11.6 Å². The number of carbonyl (C=O) groups is 1. The van der Waals surface area contributed by atoms with Crippen LogP contribution < -0.4 is 5.73 Å². The van der Waals surface area contributed by atoms with Gasteiger partial charge in [0.2, 0.25) is 5.91 Å². The first-order valence-electron chi connectivity index (χ1n) is 6.78. The summed E-state index contributed by atoms with van der Waals surface area (Å²) >= 11 is 0. The highest BCUT2D eigenvalue weighted by Crippen LogP contribution is 2.36. The first kappa shape index (κ1) is 20.6. The van der Waals surface area contributed by atoms with E-state index in [0.717, 1.165) is 0 Å². The van der Waals surface area contributed by atoms with Gasteiger partial charge >= 0.3 is 6.18 Å².